The predicted molar refractivity (Wildman–Crippen MR) is 231 cm³/mol. The maximum Gasteiger partial charge on any atom is 0.303 e. The number of rotatable bonds is 32. The molecule has 16 nitrogen and oxygen atoms in total. The highest BCUT2D eigenvalue weighted by Crippen LogP contribution is 2.39. The molecule has 0 saturated heterocycles. The average Bonchev–Trinajstić information content (AvgIpc) is 3.89. The van der Waals surface area contributed by atoms with E-state index in [2.05, 4.69) is 29.2 Å². The average molecular weight is 872 g/mol. The Morgan fingerprint density at radius 3 is 2.13 bits per heavy atom. The number of carbonyl (C=O) groups excluding carboxylic acids is 3. The zero-order chi connectivity index (χ0) is 43.8. The Morgan fingerprint density at radius 1 is 0.852 bits per heavy atom. The van der Waals surface area contributed by atoms with E-state index in [9.17, 15) is 19.2 Å². The van der Waals surface area contributed by atoms with Gasteiger partial charge in [-0.3, -0.25) is 28.8 Å². The Morgan fingerprint density at radius 2 is 1.49 bits per heavy atom. The largest absolute Gasteiger partial charge is 0.481 e. The summed E-state index contributed by atoms with van der Waals surface area (Å²) >= 11 is 1.48. The third-order valence-electron chi connectivity index (χ3n) is 10.4. The van der Waals surface area contributed by atoms with Crippen LogP contribution in [0.15, 0.2) is 36.7 Å². The molecule has 0 atom stereocenters. The number of benzene rings is 1. The summed E-state index contributed by atoms with van der Waals surface area (Å²) in [5.74, 6) is -1.66. The van der Waals surface area contributed by atoms with Crippen molar-refractivity contribution >= 4 is 39.9 Å². The molecule has 4 rings (SSSR count). The number of carboxylic acid groups (broad SMARTS) is 1. The highest BCUT2D eigenvalue weighted by atomic mass is 32.1. The van der Waals surface area contributed by atoms with Crippen molar-refractivity contribution in [2.24, 2.45) is 0 Å². The van der Waals surface area contributed by atoms with Crippen molar-refractivity contribution in [1.82, 2.24) is 19.6 Å². The number of ketones is 1. The molecule has 0 spiro atoms. The maximum absolute atomic E-state index is 14.1. The third kappa shape index (κ3) is 17.0. The SMILES string of the molecule is CCC(CC)N(CCN(C)C(=O)CCC(=O)O)Cc1cccc(C(=O)Nc2sc3c(c2C(=O)c2cnn(CCOCCOCCOCCOCCOCCO)c2)CCCC3)c1. The van der Waals surface area contributed by atoms with Crippen molar-refractivity contribution < 1.29 is 53.1 Å². The minimum atomic E-state index is -0.993. The Hall–Kier alpha value is -4.07. The minimum Gasteiger partial charge on any atom is -0.481 e. The summed E-state index contributed by atoms with van der Waals surface area (Å²) in [6.45, 7) is 10.6. The first kappa shape index (κ1) is 49.6. The van der Waals surface area contributed by atoms with Gasteiger partial charge in [-0.25, -0.2) is 0 Å². The van der Waals surface area contributed by atoms with Gasteiger partial charge in [-0.1, -0.05) is 26.0 Å². The second kappa shape index (κ2) is 27.8. The number of carboxylic acids is 1. The number of aliphatic hydroxyl groups is 1. The van der Waals surface area contributed by atoms with Crippen molar-refractivity contribution in [3.63, 3.8) is 0 Å². The predicted octanol–water partition coefficient (Wildman–Crippen LogP) is 4.70. The number of aryl methyl sites for hydroxylation is 1. The summed E-state index contributed by atoms with van der Waals surface area (Å²) in [6.07, 6.45) is 8.54. The number of thiophene rings is 1. The summed E-state index contributed by atoms with van der Waals surface area (Å²) in [5, 5.41) is 25.7. The highest BCUT2D eigenvalue weighted by Gasteiger charge is 2.28. The first-order valence-electron chi connectivity index (χ1n) is 21.5. The summed E-state index contributed by atoms with van der Waals surface area (Å²) in [5.41, 5.74) is 3.43. The van der Waals surface area contributed by atoms with Crippen LogP contribution in [0.3, 0.4) is 0 Å². The number of amides is 2. The van der Waals surface area contributed by atoms with Crippen molar-refractivity contribution in [2.75, 3.05) is 98.1 Å². The molecule has 61 heavy (non-hydrogen) atoms. The monoisotopic (exact) mass is 871 g/mol. The first-order valence-corrected chi connectivity index (χ1v) is 22.3. The number of ether oxygens (including phenoxy) is 5. The fraction of sp³-hybridized carbons (Fsp3) is 0.614. The van der Waals surface area contributed by atoms with E-state index in [-0.39, 0.29) is 43.1 Å². The molecular formula is C44H65N5O11S. The summed E-state index contributed by atoms with van der Waals surface area (Å²) in [6, 6.07) is 7.77. The molecule has 17 heteroatoms. The molecule has 0 unspecified atom stereocenters. The molecule has 0 fully saturated rings. The van der Waals surface area contributed by atoms with Gasteiger partial charge in [0.25, 0.3) is 5.91 Å². The molecule has 0 radical (unpaired) electrons. The zero-order valence-electron chi connectivity index (χ0n) is 36.1. The van der Waals surface area contributed by atoms with Crippen LogP contribution in [0.2, 0.25) is 0 Å². The second-order valence-electron chi connectivity index (χ2n) is 14.8. The van der Waals surface area contributed by atoms with Gasteiger partial charge in [0.2, 0.25) is 5.91 Å². The fourth-order valence-electron chi connectivity index (χ4n) is 7.07. The molecule has 338 valence electrons. The molecule has 0 bridgehead atoms. The molecule has 1 aliphatic rings. The van der Waals surface area contributed by atoms with Crippen molar-refractivity contribution in [2.45, 2.75) is 84.3 Å². The van der Waals surface area contributed by atoms with Crippen LogP contribution < -0.4 is 5.32 Å². The number of nitrogens with zero attached hydrogens (tertiary/aromatic N) is 4. The number of carbonyl (C=O) groups is 4. The van der Waals surface area contributed by atoms with E-state index in [0.717, 1.165) is 54.5 Å². The van der Waals surface area contributed by atoms with E-state index < -0.39 is 5.97 Å². The second-order valence-corrected chi connectivity index (χ2v) is 15.9. The highest BCUT2D eigenvalue weighted by molar-refractivity contribution is 7.17. The summed E-state index contributed by atoms with van der Waals surface area (Å²) in [4.78, 5) is 56.5. The molecule has 1 aliphatic carbocycles. The number of fused-ring (bicyclic) bond motifs is 1. The molecule has 2 amide bonds. The van der Waals surface area contributed by atoms with Crippen molar-refractivity contribution in [3.8, 4) is 0 Å². The molecule has 2 heterocycles. The van der Waals surface area contributed by atoms with Crippen LogP contribution in [0.4, 0.5) is 5.00 Å². The van der Waals surface area contributed by atoms with Crippen LogP contribution in [0.5, 0.6) is 0 Å². The molecular weight excluding hydrogens is 807 g/mol. The zero-order valence-corrected chi connectivity index (χ0v) is 36.9. The molecule has 3 N–H and O–H groups in total. The van der Waals surface area contributed by atoms with Gasteiger partial charge in [-0.2, -0.15) is 5.10 Å². The molecule has 0 saturated carbocycles. The number of nitrogens with one attached hydrogen (secondary N) is 1. The van der Waals surface area contributed by atoms with Gasteiger partial charge in [0.1, 0.15) is 5.00 Å². The van der Waals surface area contributed by atoms with Gasteiger partial charge in [-0.05, 0) is 61.8 Å². The molecule has 3 aromatic rings. The number of aromatic nitrogens is 2. The van der Waals surface area contributed by atoms with Gasteiger partial charge in [0.05, 0.1) is 103 Å². The standard InChI is InChI=1S/C44H65N5O11S/c1-4-36(5-2)48(16-15-47(3)39(51)13-14-40(52)53)31-33-9-8-10-34(29-33)43(55)46-44-41(37-11-6-7-12-38(37)61-44)42(54)35-30-45-49(32-35)17-19-56-21-23-58-25-27-60-28-26-59-24-22-57-20-18-50/h8-10,29-30,32,36,50H,4-7,11-28,31H2,1-3H3,(H,46,55)(H,52,53). The van der Waals surface area contributed by atoms with E-state index in [1.807, 2.05) is 18.2 Å². The topological polar surface area (TPSA) is 191 Å². The normalized spacial score (nSPS) is 12.6. The molecule has 0 aliphatic heterocycles. The van der Waals surface area contributed by atoms with Gasteiger partial charge in [0.15, 0.2) is 5.78 Å². The summed E-state index contributed by atoms with van der Waals surface area (Å²) in [7, 11) is 1.70. The van der Waals surface area contributed by atoms with E-state index in [1.165, 1.54) is 11.3 Å². The first-order chi connectivity index (χ1) is 29.6. The number of anilines is 1. The van der Waals surface area contributed by atoms with Gasteiger partial charge in [0, 0.05) is 55.8 Å². The minimum absolute atomic E-state index is 0.000344. The Balaban J connectivity index is 1.28. The van der Waals surface area contributed by atoms with Gasteiger partial charge < -0.3 is 44.1 Å². The van der Waals surface area contributed by atoms with E-state index in [1.54, 1.807) is 35.1 Å². The van der Waals surface area contributed by atoms with Gasteiger partial charge >= 0.3 is 5.97 Å². The number of likely N-dealkylation sites (N-methyl/N-ethyl adjacent to an activating group) is 1. The summed E-state index contributed by atoms with van der Waals surface area (Å²) < 4.78 is 28.9. The van der Waals surface area contributed by atoms with Crippen LogP contribution in [0.1, 0.15) is 94.7 Å². The van der Waals surface area contributed by atoms with Crippen LogP contribution in [0.25, 0.3) is 0 Å². The van der Waals surface area contributed by atoms with E-state index in [0.29, 0.717) is 114 Å². The lowest BCUT2D eigenvalue weighted by Gasteiger charge is -2.32. The van der Waals surface area contributed by atoms with E-state index >= 15 is 0 Å². The van der Waals surface area contributed by atoms with Crippen LogP contribution in [-0.2, 0) is 59.2 Å². The lowest BCUT2D eigenvalue weighted by molar-refractivity contribution is -0.140. The Bertz CT molecular complexity index is 1800. The van der Waals surface area contributed by atoms with Crippen LogP contribution in [-0.4, -0.2) is 152 Å². The lowest BCUT2D eigenvalue weighted by Crippen LogP contribution is -2.41. The third-order valence-corrected chi connectivity index (χ3v) is 11.7. The molecule has 2 aromatic heterocycles. The fourth-order valence-corrected chi connectivity index (χ4v) is 8.35. The number of aliphatic carboxylic acids is 1. The van der Waals surface area contributed by atoms with Crippen molar-refractivity contribution in [1.29, 1.82) is 0 Å². The van der Waals surface area contributed by atoms with Crippen LogP contribution >= 0.6 is 11.3 Å². The quantitative estimate of drug-likeness (QED) is 0.0579. The number of hydrogen-bond donors (Lipinski definition) is 3. The van der Waals surface area contributed by atoms with E-state index in [4.69, 9.17) is 33.9 Å². The van der Waals surface area contributed by atoms with Gasteiger partial charge in [-0.15, -0.1) is 11.3 Å². The van der Waals surface area contributed by atoms with Crippen LogP contribution in [0, 0.1) is 0 Å². The Labute approximate surface area is 363 Å². The maximum atomic E-state index is 14.1. The number of hydrogen-bond acceptors (Lipinski definition) is 13. The Kier molecular flexibility index (Phi) is 22.6. The smallest absolute Gasteiger partial charge is 0.303 e. The molecule has 1 aromatic carbocycles. The number of aliphatic hydroxyl groups excluding tert-OH is 1. The van der Waals surface area contributed by atoms with Crippen molar-refractivity contribution in [3.05, 3.63) is 69.4 Å². The lowest BCUT2D eigenvalue weighted by atomic mass is 9.92.